The van der Waals surface area contributed by atoms with Gasteiger partial charge in [-0.25, -0.2) is 4.39 Å². The van der Waals surface area contributed by atoms with Crippen LogP contribution in [-0.4, -0.2) is 29.1 Å². The van der Waals surface area contributed by atoms with Gasteiger partial charge >= 0.3 is 0 Å². The molecule has 0 atom stereocenters. The van der Waals surface area contributed by atoms with E-state index in [1.807, 2.05) is 0 Å². The predicted molar refractivity (Wildman–Crippen MR) is 87.1 cm³/mol. The molecule has 1 aliphatic rings. The molecule has 0 saturated heterocycles. The highest BCUT2D eigenvalue weighted by Crippen LogP contribution is 2.11. The Bertz CT molecular complexity index is 829. The fraction of sp³-hybridized carbons (Fsp3) is 0.0588. The maximum absolute atomic E-state index is 12.9. The van der Waals surface area contributed by atoms with Gasteiger partial charge in [0.15, 0.2) is 0 Å². The highest BCUT2D eigenvalue weighted by molar-refractivity contribution is 6.49. The first kappa shape index (κ1) is 15.5. The first-order chi connectivity index (χ1) is 11.6. The number of carbonyl (C=O) groups is 2. The molecule has 0 radical (unpaired) electrons. The Morgan fingerprint density at radius 1 is 1.00 bits per heavy atom. The number of aliphatic imine (C=N–C) groups is 1. The molecule has 1 aliphatic heterocycles. The van der Waals surface area contributed by atoms with Crippen LogP contribution in [0.5, 0.6) is 0 Å². The van der Waals surface area contributed by atoms with Crippen LogP contribution in [0.25, 0.3) is 0 Å². The van der Waals surface area contributed by atoms with Crippen LogP contribution in [0.15, 0.2) is 65.4 Å². The van der Waals surface area contributed by atoms with Gasteiger partial charge < -0.3 is 10.6 Å². The lowest BCUT2D eigenvalue weighted by molar-refractivity contribution is -0.110. The van der Waals surface area contributed by atoms with E-state index in [0.29, 0.717) is 17.9 Å². The Morgan fingerprint density at radius 3 is 2.50 bits per heavy atom. The second-order valence-electron chi connectivity index (χ2n) is 4.94. The van der Waals surface area contributed by atoms with Crippen molar-refractivity contribution >= 4 is 23.2 Å². The molecule has 0 unspecified atom stereocenters. The average Bonchev–Trinajstić information content (AvgIpc) is 3.06. The van der Waals surface area contributed by atoms with Gasteiger partial charge in [-0.2, -0.15) is 0 Å². The second kappa shape index (κ2) is 6.82. The summed E-state index contributed by atoms with van der Waals surface area (Å²) in [5, 5.41) is 5.24. The Kier molecular flexibility index (Phi) is 4.42. The number of halogens is 1. The van der Waals surface area contributed by atoms with Crippen LogP contribution in [0.4, 0.5) is 10.1 Å². The molecule has 7 heteroatoms. The number of pyridine rings is 1. The summed E-state index contributed by atoms with van der Waals surface area (Å²) < 4.78 is 12.9. The molecule has 0 aliphatic carbocycles. The molecule has 0 spiro atoms. The van der Waals surface area contributed by atoms with Crippen molar-refractivity contribution in [2.45, 2.75) is 0 Å². The molecule has 1 aromatic carbocycles. The number of anilines is 1. The lowest BCUT2D eigenvalue weighted by Gasteiger charge is -2.09. The van der Waals surface area contributed by atoms with Crippen molar-refractivity contribution in [1.29, 1.82) is 0 Å². The van der Waals surface area contributed by atoms with Gasteiger partial charge in [-0.3, -0.25) is 19.6 Å². The van der Waals surface area contributed by atoms with E-state index in [9.17, 15) is 14.0 Å². The molecule has 6 nitrogen and oxygen atoms in total. The van der Waals surface area contributed by atoms with Crippen LogP contribution in [0.2, 0.25) is 0 Å². The van der Waals surface area contributed by atoms with Gasteiger partial charge in [0.05, 0.1) is 12.2 Å². The summed E-state index contributed by atoms with van der Waals surface area (Å²) in [6.45, 7) is 0.296. The predicted octanol–water partition coefficient (Wildman–Crippen LogP) is 1.93. The third kappa shape index (κ3) is 3.52. The van der Waals surface area contributed by atoms with E-state index in [4.69, 9.17) is 0 Å². The largest absolute Gasteiger partial charge is 0.321 e. The maximum Gasteiger partial charge on any atom is 0.275 e. The Hall–Kier alpha value is -3.35. The molecule has 2 amide bonds. The maximum atomic E-state index is 12.9. The quantitative estimate of drug-likeness (QED) is 0.901. The molecule has 24 heavy (non-hydrogen) atoms. The Balaban J connectivity index is 1.67. The van der Waals surface area contributed by atoms with E-state index in [1.165, 1.54) is 30.5 Å². The van der Waals surface area contributed by atoms with E-state index >= 15 is 0 Å². The summed E-state index contributed by atoms with van der Waals surface area (Å²) in [4.78, 5) is 32.4. The average molecular weight is 324 g/mol. The van der Waals surface area contributed by atoms with Gasteiger partial charge in [-0.1, -0.05) is 6.07 Å². The van der Waals surface area contributed by atoms with E-state index in [1.54, 1.807) is 24.3 Å². The molecule has 1 aromatic heterocycles. The van der Waals surface area contributed by atoms with E-state index in [2.05, 4.69) is 20.6 Å². The van der Waals surface area contributed by atoms with Gasteiger partial charge in [0.2, 0.25) is 0 Å². The summed E-state index contributed by atoms with van der Waals surface area (Å²) in [5.74, 6) is -1.30. The lowest BCUT2D eigenvalue weighted by atomic mass is 10.2. The topological polar surface area (TPSA) is 83.5 Å². The molecule has 0 saturated carbocycles. The number of benzene rings is 1. The lowest BCUT2D eigenvalue weighted by Crippen LogP contribution is -2.33. The monoisotopic (exact) mass is 324 g/mol. The Labute approximate surface area is 137 Å². The fourth-order valence-corrected chi connectivity index (χ4v) is 2.12. The molecule has 2 aromatic rings. The summed E-state index contributed by atoms with van der Waals surface area (Å²) in [6.07, 6.45) is 3.15. The van der Waals surface area contributed by atoms with Crippen molar-refractivity contribution < 1.29 is 14.0 Å². The molecular formula is C17H13FN4O2. The summed E-state index contributed by atoms with van der Waals surface area (Å²) in [5.41, 5.74) is 1.11. The minimum atomic E-state index is -0.480. The first-order valence-corrected chi connectivity index (χ1v) is 7.18. The van der Waals surface area contributed by atoms with Gasteiger partial charge in [-0.15, -0.1) is 0 Å². The molecule has 120 valence electrons. The number of nitrogens with one attached hydrogen (secondary N) is 2. The zero-order valence-corrected chi connectivity index (χ0v) is 12.5. The zero-order chi connectivity index (χ0) is 16.9. The van der Waals surface area contributed by atoms with Gasteiger partial charge in [0.25, 0.3) is 11.8 Å². The number of amides is 2. The van der Waals surface area contributed by atoms with Crippen molar-refractivity contribution in [3.8, 4) is 0 Å². The van der Waals surface area contributed by atoms with E-state index in [-0.39, 0.29) is 11.4 Å². The summed E-state index contributed by atoms with van der Waals surface area (Å²) in [6, 6.07) is 10.3. The highest BCUT2D eigenvalue weighted by Gasteiger charge is 2.22. The van der Waals surface area contributed by atoms with E-state index < -0.39 is 17.6 Å². The number of nitrogens with zero attached hydrogens (tertiary/aromatic N) is 2. The van der Waals surface area contributed by atoms with Gasteiger partial charge in [-0.05, 0) is 42.5 Å². The number of rotatable bonds is 4. The summed E-state index contributed by atoms with van der Waals surface area (Å²) >= 11 is 0. The minimum Gasteiger partial charge on any atom is -0.321 e. The number of aromatic nitrogens is 1. The van der Waals surface area contributed by atoms with Gasteiger partial charge in [0.1, 0.15) is 17.2 Å². The van der Waals surface area contributed by atoms with Crippen LogP contribution >= 0.6 is 0 Å². The smallest absolute Gasteiger partial charge is 0.275 e. The SMILES string of the molecule is O=C(Nc1ccc(F)cc1)C1=NCC=C1NC(=O)c1ccccn1. The standard InChI is InChI=1S/C17H13FN4O2/c18-11-4-6-12(7-5-11)21-17(24)15-13(8-10-20-15)22-16(23)14-3-1-2-9-19-14/h1-9H,10H2,(H,21,24)(H,22,23). The third-order valence-corrected chi connectivity index (χ3v) is 3.26. The highest BCUT2D eigenvalue weighted by atomic mass is 19.1. The Morgan fingerprint density at radius 2 is 1.79 bits per heavy atom. The van der Waals surface area contributed by atoms with Gasteiger partial charge in [0, 0.05) is 11.9 Å². The molecule has 0 bridgehead atoms. The number of hydrogen-bond donors (Lipinski definition) is 2. The van der Waals surface area contributed by atoms with Crippen molar-refractivity contribution in [3.05, 3.63) is 71.9 Å². The first-order valence-electron chi connectivity index (χ1n) is 7.18. The van der Waals surface area contributed by atoms with Crippen LogP contribution in [0.3, 0.4) is 0 Å². The zero-order valence-electron chi connectivity index (χ0n) is 12.5. The van der Waals surface area contributed by atoms with Crippen molar-refractivity contribution in [1.82, 2.24) is 10.3 Å². The molecule has 0 fully saturated rings. The van der Waals surface area contributed by atoms with Crippen molar-refractivity contribution in [2.75, 3.05) is 11.9 Å². The van der Waals surface area contributed by atoms with Crippen LogP contribution in [0, 0.1) is 5.82 Å². The molecular weight excluding hydrogens is 311 g/mol. The summed E-state index contributed by atoms with van der Waals surface area (Å²) in [7, 11) is 0. The molecule has 3 rings (SSSR count). The number of hydrogen-bond acceptors (Lipinski definition) is 4. The second-order valence-corrected chi connectivity index (χ2v) is 4.94. The molecule has 2 N–H and O–H groups in total. The number of carbonyl (C=O) groups excluding carboxylic acids is 2. The fourth-order valence-electron chi connectivity index (χ4n) is 2.12. The van der Waals surface area contributed by atoms with Crippen LogP contribution < -0.4 is 10.6 Å². The van der Waals surface area contributed by atoms with E-state index in [0.717, 1.165) is 0 Å². The van der Waals surface area contributed by atoms with Crippen LogP contribution in [-0.2, 0) is 4.79 Å². The normalized spacial score (nSPS) is 13.0. The van der Waals surface area contributed by atoms with Crippen molar-refractivity contribution in [3.63, 3.8) is 0 Å². The molecule has 2 heterocycles. The van der Waals surface area contributed by atoms with Crippen LogP contribution in [0.1, 0.15) is 10.5 Å². The van der Waals surface area contributed by atoms with Crippen molar-refractivity contribution in [2.24, 2.45) is 4.99 Å². The minimum absolute atomic E-state index is 0.114. The third-order valence-electron chi connectivity index (χ3n) is 3.26.